The molecule has 0 spiro atoms. The molecule has 0 aliphatic carbocycles. The van der Waals surface area contributed by atoms with Crippen LogP contribution in [0.5, 0.6) is 5.75 Å². The van der Waals surface area contributed by atoms with Gasteiger partial charge in [-0.05, 0) is 42.0 Å². The highest BCUT2D eigenvalue weighted by atomic mass is 32.1. The van der Waals surface area contributed by atoms with Gasteiger partial charge in [0.25, 0.3) is 0 Å². The maximum absolute atomic E-state index is 12.3. The number of rotatable bonds is 8. The van der Waals surface area contributed by atoms with Gasteiger partial charge in [0, 0.05) is 25.2 Å². The van der Waals surface area contributed by atoms with E-state index in [0.29, 0.717) is 17.3 Å². The number of hydrogen-bond acceptors (Lipinski definition) is 2. The highest BCUT2D eigenvalue weighted by Gasteiger charge is 2.30. The van der Waals surface area contributed by atoms with Crippen LogP contribution in [-0.4, -0.2) is 43.6 Å². The Morgan fingerprint density at radius 1 is 1.07 bits per heavy atom. The van der Waals surface area contributed by atoms with Gasteiger partial charge in [-0.25, -0.2) is 0 Å². The van der Waals surface area contributed by atoms with Crippen LogP contribution in [0, 0.1) is 0 Å². The summed E-state index contributed by atoms with van der Waals surface area (Å²) in [5.41, 5.74) is 1.74. The zero-order valence-electron chi connectivity index (χ0n) is 15.9. The van der Waals surface area contributed by atoms with Crippen LogP contribution in [-0.2, 0) is 6.54 Å². The molecule has 0 fully saturated rings. The van der Waals surface area contributed by atoms with Crippen molar-refractivity contribution in [3.05, 3.63) is 60.2 Å². The van der Waals surface area contributed by atoms with Crippen LogP contribution in [0.3, 0.4) is 0 Å². The normalized spacial score (nSPS) is 11.4. The molecule has 8 heteroatoms. The number of nitrogens with zero attached hydrogens (tertiary/aromatic N) is 1. The van der Waals surface area contributed by atoms with Gasteiger partial charge >= 0.3 is 6.36 Å². The maximum atomic E-state index is 12.3. The zero-order chi connectivity index (χ0) is 20.6. The van der Waals surface area contributed by atoms with Crippen LogP contribution in [0.1, 0.15) is 12.0 Å². The lowest BCUT2D eigenvalue weighted by molar-refractivity contribution is -0.858. The number of quaternary nitrogens is 1. The number of anilines is 1. The summed E-state index contributed by atoms with van der Waals surface area (Å²) in [6, 6.07) is 15.5. The fourth-order valence-corrected chi connectivity index (χ4v) is 2.90. The molecule has 0 unspecified atom stereocenters. The van der Waals surface area contributed by atoms with E-state index in [1.807, 2.05) is 30.3 Å². The average molecular weight is 413 g/mol. The number of hydrogen-bond donors (Lipinski definition) is 2. The van der Waals surface area contributed by atoms with E-state index in [1.165, 1.54) is 29.2 Å². The summed E-state index contributed by atoms with van der Waals surface area (Å²) in [7, 11) is 4.20. The molecule has 152 valence electrons. The van der Waals surface area contributed by atoms with Crippen molar-refractivity contribution in [2.75, 3.05) is 32.5 Å². The monoisotopic (exact) mass is 412 g/mol. The Labute approximate surface area is 168 Å². The Morgan fingerprint density at radius 3 is 2.29 bits per heavy atom. The summed E-state index contributed by atoms with van der Waals surface area (Å²) < 4.78 is 40.7. The summed E-state index contributed by atoms with van der Waals surface area (Å²) in [6.07, 6.45) is -3.74. The summed E-state index contributed by atoms with van der Waals surface area (Å²) >= 11 is 5.55. The second-order valence-electron chi connectivity index (χ2n) is 6.72. The van der Waals surface area contributed by atoms with Crippen LogP contribution in [0.25, 0.3) is 0 Å². The van der Waals surface area contributed by atoms with Gasteiger partial charge in [0.05, 0.1) is 20.6 Å². The van der Waals surface area contributed by atoms with Crippen LogP contribution in [0.4, 0.5) is 18.9 Å². The molecule has 0 atom stereocenters. The third kappa shape index (κ3) is 8.14. The number of nitrogens with one attached hydrogen (secondary N) is 2. The Kier molecular flexibility index (Phi) is 8.07. The van der Waals surface area contributed by atoms with Gasteiger partial charge in [-0.3, -0.25) is 0 Å². The van der Waals surface area contributed by atoms with Gasteiger partial charge < -0.3 is 19.9 Å². The van der Waals surface area contributed by atoms with Gasteiger partial charge in [-0.15, -0.1) is 13.2 Å². The molecule has 0 amide bonds. The predicted octanol–water partition coefficient (Wildman–Crippen LogP) is 3.32. The molecule has 4 nitrogen and oxygen atoms in total. The van der Waals surface area contributed by atoms with E-state index in [1.54, 1.807) is 0 Å². The molecule has 0 heterocycles. The topological polar surface area (TPSA) is 28.9 Å². The van der Waals surface area contributed by atoms with Crippen molar-refractivity contribution in [3.8, 4) is 5.75 Å². The van der Waals surface area contributed by atoms with Crippen molar-refractivity contribution < 1.29 is 22.8 Å². The minimum Gasteiger partial charge on any atom is -0.406 e. The standard InChI is InChI=1S/C20H24F3N3OS/c1-25(2)13-6-14-26(15-16-7-4-3-5-8-16)19(28)24-17-9-11-18(12-10-17)27-20(21,22)23/h3-5,7-12H,6,13-15H2,1-2H3,(H,24,28)/p+1. The molecular formula is C20H25F3N3OS+. The molecule has 2 aromatic carbocycles. The summed E-state index contributed by atoms with van der Waals surface area (Å²) in [5, 5.41) is 3.63. The molecule has 0 aromatic heterocycles. The van der Waals surface area contributed by atoms with E-state index in [-0.39, 0.29) is 5.75 Å². The SMILES string of the molecule is C[NH+](C)CCCN(Cc1ccccc1)C(=S)Nc1ccc(OC(F)(F)F)cc1. The Balaban J connectivity index is 2.01. The first-order chi connectivity index (χ1) is 13.2. The van der Waals surface area contributed by atoms with E-state index in [4.69, 9.17) is 12.2 Å². The van der Waals surface area contributed by atoms with Crippen molar-refractivity contribution in [1.29, 1.82) is 0 Å². The third-order valence-electron chi connectivity index (χ3n) is 3.95. The Morgan fingerprint density at radius 2 is 1.71 bits per heavy atom. The Bertz CT molecular complexity index is 737. The van der Waals surface area contributed by atoms with Crippen molar-refractivity contribution in [1.82, 2.24) is 4.90 Å². The molecule has 2 aromatic rings. The minimum atomic E-state index is -4.70. The smallest absolute Gasteiger partial charge is 0.406 e. The molecule has 0 aliphatic rings. The minimum absolute atomic E-state index is 0.265. The third-order valence-corrected chi connectivity index (χ3v) is 4.31. The second-order valence-corrected chi connectivity index (χ2v) is 7.11. The molecule has 0 saturated carbocycles. The van der Waals surface area contributed by atoms with E-state index in [9.17, 15) is 13.2 Å². The number of benzene rings is 2. The van der Waals surface area contributed by atoms with E-state index >= 15 is 0 Å². The quantitative estimate of drug-likeness (QED) is 0.651. The number of thiocarbonyl (C=S) groups is 1. The molecule has 28 heavy (non-hydrogen) atoms. The lowest BCUT2D eigenvalue weighted by atomic mass is 10.2. The highest BCUT2D eigenvalue weighted by Crippen LogP contribution is 2.24. The molecule has 0 aliphatic heterocycles. The number of ether oxygens (including phenoxy) is 1. The van der Waals surface area contributed by atoms with Gasteiger partial charge in [-0.2, -0.15) is 0 Å². The lowest BCUT2D eigenvalue weighted by Gasteiger charge is -2.26. The van der Waals surface area contributed by atoms with Gasteiger partial charge in [-0.1, -0.05) is 30.3 Å². The summed E-state index contributed by atoms with van der Waals surface area (Å²) in [4.78, 5) is 3.42. The summed E-state index contributed by atoms with van der Waals surface area (Å²) in [6.45, 7) is 2.45. The van der Waals surface area contributed by atoms with Crippen molar-refractivity contribution in [2.45, 2.75) is 19.3 Å². The first-order valence-electron chi connectivity index (χ1n) is 8.97. The zero-order valence-corrected chi connectivity index (χ0v) is 16.7. The first-order valence-corrected chi connectivity index (χ1v) is 9.38. The summed E-state index contributed by atoms with van der Waals surface area (Å²) in [5.74, 6) is -0.265. The number of halogens is 3. The molecule has 2 rings (SSSR count). The fraction of sp³-hybridized carbons (Fsp3) is 0.350. The molecular weight excluding hydrogens is 387 g/mol. The lowest BCUT2D eigenvalue weighted by Crippen LogP contribution is -3.05. The van der Waals surface area contributed by atoms with Crippen molar-refractivity contribution >= 4 is 23.0 Å². The van der Waals surface area contributed by atoms with Crippen molar-refractivity contribution in [3.63, 3.8) is 0 Å². The van der Waals surface area contributed by atoms with Crippen molar-refractivity contribution in [2.24, 2.45) is 0 Å². The molecule has 2 N–H and O–H groups in total. The van der Waals surface area contributed by atoms with Crippen LogP contribution >= 0.6 is 12.2 Å². The molecule has 0 bridgehead atoms. The average Bonchev–Trinajstić information content (AvgIpc) is 2.62. The van der Waals surface area contributed by atoms with Gasteiger partial charge in [0.15, 0.2) is 5.11 Å². The second kappa shape index (κ2) is 10.3. The largest absolute Gasteiger partial charge is 0.573 e. The van der Waals surface area contributed by atoms with Gasteiger partial charge in [0.2, 0.25) is 0 Å². The van der Waals surface area contributed by atoms with Crippen LogP contribution < -0.4 is 15.0 Å². The maximum Gasteiger partial charge on any atom is 0.573 e. The van der Waals surface area contributed by atoms with Crippen LogP contribution in [0.2, 0.25) is 0 Å². The van der Waals surface area contributed by atoms with E-state index in [0.717, 1.165) is 25.1 Å². The van der Waals surface area contributed by atoms with Gasteiger partial charge in [0.1, 0.15) is 5.75 Å². The van der Waals surface area contributed by atoms with Crippen LogP contribution in [0.15, 0.2) is 54.6 Å². The number of alkyl halides is 3. The van der Waals surface area contributed by atoms with E-state index < -0.39 is 6.36 Å². The Hall–Kier alpha value is -2.32. The van der Waals surface area contributed by atoms with E-state index in [2.05, 4.69) is 29.0 Å². The first kappa shape index (κ1) is 22.0. The fourth-order valence-electron chi connectivity index (χ4n) is 2.62. The molecule has 0 radical (unpaired) electrons. The molecule has 0 saturated heterocycles. The predicted molar refractivity (Wildman–Crippen MR) is 108 cm³/mol. The highest BCUT2D eigenvalue weighted by molar-refractivity contribution is 7.80.